The van der Waals surface area contributed by atoms with Crippen molar-refractivity contribution in [1.29, 1.82) is 0 Å². The minimum atomic E-state index is -3.88. The highest BCUT2D eigenvalue weighted by Gasteiger charge is 2.29. The van der Waals surface area contributed by atoms with Crippen molar-refractivity contribution in [3.63, 3.8) is 0 Å². The van der Waals surface area contributed by atoms with Gasteiger partial charge in [-0.3, -0.25) is 4.79 Å². The summed E-state index contributed by atoms with van der Waals surface area (Å²) in [5, 5.41) is 1.15. The molecule has 1 aliphatic heterocycles. The highest BCUT2D eigenvalue weighted by atomic mass is 32.2. The van der Waals surface area contributed by atoms with Gasteiger partial charge in [0.05, 0.1) is 12.8 Å². The summed E-state index contributed by atoms with van der Waals surface area (Å²) in [6.07, 6.45) is 6.02. The van der Waals surface area contributed by atoms with Crippen LogP contribution in [0.4, 0.5) is 0 Å². The van der Waals surface area contributed by atoms with Gasteiger partial charge in [0, 0.05) is 55.8 Å². The Morgan fingerprint density at radius 1 is 1.05 bits per heavy atom. The Morgan fingerprint density at radius 2 is 1.81 bits per heavy atom. The van der Waals surface area contributed by atoms with E-state index in [0.29, 0.717) is 11.5 Å². The first kappa shape index (κ1) is 25.8. The summed E-state index contributed by atoms with van der Waals surface area (Å²) in [4.78, 5) is 15.3. The molecule has 3 aromatic rings. The predicted molar refractivity (Wildman–Crippen MR) is 146 cm³/mol. The summed E-state index contributed by atoms with van der Waals surface area (Å²) in [5.41, 5.74) is 6.31. The number of carbonyl (C=O) groups excluding carboxylic acids is 1. The average molecular weight is 525 g/mol. The van der Waals surface area contributed by atoms with E-state index in [0.717, 1.165) is 53.4 Å². The van der Waals surface area contributed by atoms with E-state index in [1.165, 1.54) is 55.7 Å². The minimum Gasteiger partial charge on any atom is -0.497 e. The van der Waals surface area contributed by atoms with E-state index in [4.69, 9.17) is 4.74 Å². The normalized spacial score (nSPS) is 17.2. The summed E-state index contributed by atoms with van der Waals surface area (Å²) in [6, 6.07) is 12.0. The fourth-order valence-corrected chi connectivity index (χ4v) is 6.35. The molecule has 0 radical (unpaired) electrons. The van der Waals surface area contributed by atoms with Crippen molar-refractivity contribution < 1.29 is 17.9 Å². The number of hydrogen-bond acceptors (Lipinski definition) is 5. The largest absolute Gasteiger partial charge is 0.497 e. The molecular formula is C28H36N4O4S. The molecule has 1 N–H and O–H groups in total. The molecule has 1 fully saturated rings. The van der Waals surface area contributed by atoms with Crippen molar-refractivity contribution in [2.45, 2.75) is 51.1 Å². The maximum atomic E-state index is 13.0. The van der Waals surface area contributed by atoms with E-state index in [-0.39, 0.29) is 0 Å². The van der Waals surface area contributed by atoms with Crippen LogP contribution in [0.3, 0.4) is 0 Å². The molecule has 9 heteroatoms. The van der Waals surface area contributed by atoms with E-state index in [9.17, 15) is 13.2 Å². The lowest BCUT2D eigenvalue weighted by Gasteiger charge is -2.28. The van der Waals surface area contributed by atoms with Crippen molar-refractivity contribution in [1.82, 2.24) is 18.5 Å². The van der Waals surface area contributed by atoms with Crippen LogP contribution in [-0.2, 0) is 23.3 Å². The molecule has 1 amide bonds. The SMILES string of the molecule is COc1ccc2c(c1)CN(C)CCn1c-2c(C2CCCCC2)c2ccc(C(=O)NS(=O)(=O)N(C)C)cc21. The lowest BCUT2D eigenvalue weighted by atomic mass is 9.81. The van der Waals surface area contributed by atoms with Gasteiger partial charge in [-0.05, 0) is 67.3 Å². The van der Waals surface area contributed by atoms with Gasteiger partial charge in [0.25, 0.3) is 5.91 Å². The van der Waals surface area contributed by atoms with E-state index in [2.05, 4.69) is 33.4 Å². The predicted octanol–water partition coefficient (Wildman–Crippen LogP) is 4.35. The van der Waals surface area contributed by atoms with Gasteiger partial charge >= 0.3 is 10.2 Å². The van der Waals surface area contributed by atoms with Crippen LogP contribution in [0.5, 0.6) is 5.75 Å². The smallest absolute Gasteiger partial charge is 0.303 e. The molecule has 1 aromatic heterocycles. The van der Waals surface area contributed by atoms with Crippen LogP contribution < -0.4 is 9.46 Å². The third kappa shape index (κ3) is 4.87. The minimum absolute atomic E-state index is 0.332. The van der Waals surface area contributed by atoms with Crippen LogP contribution in [0.1, 0.15) is 59.5 Å². The second kappa shape index (κ2) is 10.1. The molecule has 8 nitrogen and oxygen atoms in total. The summed E-state index contributed by atoms with van der Waals surface area (Å²) in [6.45, 7) is 2.46. The highest BCUT2D eigenvalue weighted by Crippen LogP contribution is 2.46. The zero-order chi connectivity index (χ0) is 26.3. The van der Waals surface area contributed by atoms with Crippen LogP contribution in [0.2, 0.25) is 0 Å². The monoisotopic (exact) mass is 524 g/mol. The van der Waals surface area contributed by atoms with Gasteiger partial charge in [0.1, 0.15) is 5.75 Å². The molecule has 0 bridgehead atoms. The number of rotatable bonds is 5. The second-order valence-electron chi connectivity index (χ2n) is 10.5. The Balaban J connectivity index is 1.73. The molecule has 2 aromatic carbocycles. The number of fused-ring (bicyclic) bond motifs is 5. The van der Waals surface area contributed by atoms with Crippen LogP contribution in [0.25, 0.3) is 22.2 Å². The summed E-state index contributed by atoms with van der Waals surface area (Å²) in [5.74, 6) is 0.669. The van der Waals surface area contributed by atoms with Crippen molar-refractivity contribution in [3.05, 3.63) is 53.1 Å². The van der Waals surface area contributed by atoms with Crippen LogP contribution in [-0.4, -0.2) is 62.9 Å². The fourth-order valence-electron chi connectivity index (χ4n) is 5.81. The molecular weight excluding hydrogens is 488 g/mol. The second-order valence-corrected chi connectivity index (χ2v) is 12.3. The average Bonchev–Trinajstić information content (AvgIpc) is 3.19. The Labute approximate surface area is 219 Å². The van der Waals surface area contributed by atoms with Crippen molar-refractivity contribution in [2.75, 3.05) is 34.8 Å². The van der Waals surface area contributed by atoms with Gasteiger partial charge in [-0.25, -0.2) is 4.72 Å². The molecule has 37 heavy (non-hydrogen) atoms. The number of likely N-dealkylation sites (N-methyl/N-ethyl adjacent to an activating group) is 1. The number of amides is 1. The molecule has 0 spiro atoms. The number of ether oxygens (including phenoxy) is 1. The molecule has 5 rings (SSSR count). The zero-order valence-electron chi connectivity index (χ0n) is 22.1. The first-order chi connectivity index (χ1) is 17.7. The third-order valence-electron chi connectivity index (χ3n) is 7.79. The molecule has 0 atom stereocenters. The molecule has 2 aliphatic rings. The Hall–Kier alpha value is -2.88. The summed E-state index contributed by atoms with van der Waals surface area (Å²) < 4.78 is 35.7. The van der Waals surface area contributed by atoms with Gasteiger partial charge in [0.2, 0.25) is 0 Å². The zero-order valence-corrected chi connectivity index (χ0v) is 22.9. The van der Waals surface area contributed by atoms with Gasteiger partial charge in [0.15, 0.2) is 0 Å². The van der Waals surface area contributed by atoms with Gasteiger partial charge in [-0.15, -0.1) is 0 Å². The fraction of sp³-hybridized carbons (Fsp3) is 0.464. The lowest BCUT2D eigenvalue weighted by molar-refractivity contribution is 0.0980. The number of hydrogen-bond donors (Lipinski definition) is 1. The van der Waals surface area contributed by atoms with Crippen molar-refractivity contribution in [3.8, 4) is 17.0 Å². The molecule has 0 saturated heterocycles. The Kier molecular flexibility index (Phi) is 7.04. The number of nitrogens with zero attached hydrogens (tertiary/aromatic N) is 3. The van der Waals surface area contributed by atoms with Crippen LogP contribution in [0.15, 0.2) is 36.4 Å². The first-order valence-electron chi connectivity index (χ1n) is 13.0. The molecule has 198 valence electrons. The number of aromatic nitrogens is 1. The molecule has 2 heterocycles. The summed E-state index contributed by atoms with van der Waals surface area (Å²) in [7, 11) is 2.72. The van der Waals surface area contributed by atoms with Gasteiger partial charge in [-0.1, -0.05) is 25.3 Å². The molecule has 1 saturated carbocycles. The van der Waals surface area contributed by atoms with E-state index in [1.807, 2.05) is 18.2 Å². The van der Waals surface area contributed by atoms with E-state index >= 15 is 0 Å². The van der Waals surface area contributed by atoms with Crippen LogP contribution >= 0.6 is 0 Å². The van der Waals surface area contributed by atoms with E-state index in [1.54, 1.807) is 13.2 Å². The van der Waals surface area contributed by atoms with Gasteiger partial charge in [-0.2, -0.15) is 12.7 Å². The van der Waals surface area contributed by atoms with Crippen LogP contribution in [0, 0.1) is 0 Å². The Bertz CT molecular complexity index is 1440. The summed E-state index contributed by atoms with van der Waals surface area (Å²) >= 11 is 0. The first-order valence-corrected chi connectivity index (χ1v) is 14.4. The van der Waals surface area contributed by atoms with Crippen molar-refractivity contribution >= 4 is 27.0 Å². The number of methoxy groups -OCH3 is 1. The molecule has 0 unspecified atom stereocenters. The lowest BCUT2D eigenvalue weighted by Crippen LogP contribution is -2.39. The Morgan fingerprint density at radius 3 is 2.51 bits per heavy atom. The maximum absolute atomic E-state index is 13.0. The number of benzene rings is 2. The van der Waals surface area contributed by atoms with Gasteiger partial charge < -0.3 is 14.2 Å². The standard InChI is InChI=1S/C28H36N4O4S/c1-30(2)37(34,35)29-28(33)20-10-12-24-25(17-20)32-15-14-31(3)18-21-16-22(36-4)11-13-23(21)27(32)26(24)19-8-6-5-7-9-19/h10-13,16-17,19H,5-9,14-15,18H2,1-4H3,(H,29,33). The number of carbonyl (C=O) groups is 1. The van der Waals surface area contributed by atoms with E-state index < -0.39 is 16.1 Å². The third-order valence-corrected chi connectivity index (χ3v) is 9.20. The maximum Gasteiger partial charge on any atom is 0.303 e. The quantitative estimate of drug-likeness (QED) is 0.537. The molecule has 1 aliphatic carbocycles. The van der Waals surface area contributed by atoms with Crippen molar-refractivity contribution in [2.24, 2.45) is 0 Å². The topological polar surface area (TPSA) is 83.9 Å². The number of nitrogens with one attached hydrogen (secondary N) is 1. The highest BCUT2D eigenvalue weighted by molar-refractivity contribution is 7.87.